The highest BCUT2D eigenvalue weighted by atomic mass is 32.2. The summed E-state index contributed by atoms with van der Waals surface area (Å²) in [7, 11) is 0. The minimum Gasteiger partial charge on any atom is -0.480 e. The van der Waals surface area contributed by atoms with Crippen LogP contribution in [0.25, 0.3) is 0 Å². The topological polar surface area (TPSA) is 142 Å². The molecule has 0 aromatic rings. The van der Waals surface area contributed by atoms with Gasteiger partial charge in [-0.1, -0.05) is 0 Å². The van der Waals surface area contributed by atoms with Gasteiger partial charge in [0.25, 0.3) is 0 Å². The van der Waals surface area contributed by atoms with E-state index in [9.17, 15) is 14.4 Å². The summed E-state index contributed by atoms with van der Waals surface area (Å²) in [6.45, 7) is 0.968. The number of carbonyl (C=O) groups is 3. The van der Waals surface area contributed by atoms with Gasteiger partial charge in [0, 0.05) is 0 Å². The van der Waals surface area contributed by atoms with E-state index in [0.717, 1.165) is 0 Å². The van der Waals surface area contributed by atoms with Crippen molar-refractivity contribution in [2.24, 2.45) is 5.73 Å². The quantitative estimate of drug-likeness (QED) is 0.336. The fourth-order valence-electron chi connectivity index (χ4n) is 1.24. The molecule has 2 amide bonds. The predicted molar refractivity (Wildman–Crippen MR) is 75.2 cm³/mol. The maximum absolute atomic E-state index is 11.5. The van der Waals surface area contributed by atoms with Gasteiger partial charge in [-0.25, -0.2) is 4.79 Å². The van der Waals surface area contributed by atoms with Crippen molar-refractivity contribution < 1.29 is 24.6 Å². The highest BCUT2D eigenvalue weighted by Gasteiger charge is 2.22. The maximum atomic E-state index is 11.5. The van der Waals surface area contributed by atoms with E-state index in [1.54, 1.807) is 0 Å². The number of aliphatic hydroxyl groups is 1. The van der Waals surface area contributed by atoms with Crippen LogP contribution in [0.3, 0.4) is 0 Å². The van der Waals surface area contributed by atoms with Crippen LogP contribution in [0, 0.1) is 0 Å². The number of hydrogen-bond donors (Lipinski definition) is 5. The summed E-state index contributed by atoms with van der Waals surface area (Å²) in [6, 6.07) is -2.12. The summed E-state index contributed by atoms with van der Waals surface area (Å²) < 4.78 is 0. The van der Waals surface area contributed by atoms with Crippen LogP contribution in [0.15, 0.2) is 0 Å². The number of carboxylic acid groups (broad SMARTS) is 1. The molecule has 0 aromatic heterocycles. The first-order valence-electron chi connectivity index (χ1n) is 6.02. The molecule has 0 saturated heterocycles. The number of rotatable bonds is 9. The summed E-state index contributed by atoms with van der Waals surface area (Å²) in [5, 5.41) is 22.6. The number of amides is 2. The molecule has 0 fully saturated rings. The van der Waals surface area contributed by atoms with Crippen LogP contribution < -0.4 is 16.4 Å². The second-order valence-electron chi connectivity index (χ2n) is 4.22. The zero-order valence-electron chi connectivity index (χ0n) is 11.5. The number of hydrogen-bond acceptors (Lipinski definition) is 6. The summed E-state index contributed by atoms with van der Waals surface area (Å²) in [5.74, 6) is -1.83. The smallest absolute Gasteiger partial charge is 0.326 e. The molecule has 0 aliphatic heterocycles. The molecular weight excluding hydrogens is 286 g/mol. The van der Waals surface area contributed by atoms with Crippen LogP contribution in [-0.4, -0.2) is 64.7 Å². The monoisotopic (exact) mass is 307 g/mol. The highest BCUT2D eigenvalue weighted by molar-refractivity contribution is 7.98. The van der Waals surface area contributed by atoms with E-state index in [1.165, 1.54) is 18.7 Å². The number of carboxylic acids is 1. The average molecular weight is 307 g/mol. The molecule has 3 atom stereocenters. The first-order valence-corrected chi connectivity index (χ1v) is 7.41. The van der Waals surface area contributed by atoms with Gasteiger partial charge < -0.3 is 26.6 Å². The standard InChI is InChI=1S/C11H21N3O5S/c1-6(15)9(12)10(17)13-5-8(16)14-7(11(18)19)3-4-20-2/h6-7,9,15H,3-5,12H2,1-2H3,(H,13,17)(H,14,16)(H,18,19)/t6-,7+,9+/m1/s1. The van der Waals surface area contributed by atoms with E-state index >= 15 is 0 Å². The lowest BCUT2D eigenvalue weighted by Gasteiger charge is -2.16. The first kappa shape index (κ1) is 18.7. The Morgan fingerprint density at radius 2 is 1.95 bits per heavy atom. The summed E-state index contributed by atoms with van der Waals surface area (Å²) >= 11 is 1.47. The lowest BCUT2D eigenvalue weighted by molar-refractivity contribution is -0.141. The highest BCUT2D eigenvalue weighted by Crippen LogP contribution is 2.00. The fourth-order valence-corrected chi connectivity index (χ4v) is 1.71. The van der Waals surface area contributed by atoms with E-state index in [4.69, 9.17) is 15.9 Å². The molecule has 0 heterocycles. The van der Waals surface area contributed by atoms with Gasteiger partial charge in [-0.2, -0.15) is 11.8 Å². The third kappa shape index (κ3) is 7.31. The summed E-state index contributed by atoms with van der Waals surface area (Å²) in [4.78, 5) is 33.8. The number of aliphatic hydroxyl groups excluding tert-OH is 1. The van der Waals surface area contributed by atoms with Crippen LogP contribution in [0.2, 0.25) is 0 Å². The van der Waals surface area contributed by atoms with Gasteiger partial charge in [-0.15, -0.1) is 0 Å². The van der Waals surface area contributed by atoms with Gasteiger partial charge in [-0.3, -0.25) is 9.59 Å². The second kappa shape index (κ2) is 9.56. The van der Waals surface area contributed by atoms with E-state index in [-0.39, 0.29) is 6.54 Å². The van der Waals surface area contributed by atoms with Crippen LogP contribution in [0.1, 0.15) is 13.3 Å². The van der Waals surface area contributed by atoms with E-state index in [1.807, 2.05) is 6.26 Å². The van der Waals surface area contributed by atoms with Crippen molar-refractivity contribution in [2.75, 3.05) is 18.6 Å². The van der Waals surface area contributed by atoms with Crippen LogP contribution in [-0.2, 0) is 14.4 Å². The molecule has 0 aliphatic carbocycles. The Kier molecular flexibility index (Phi) is 8.93. The van der Waals surface area contributed by atoms with Gasteiger partial charge in [0.1, 0.15) is 12.1 Å². The molecule has 0 rings (SSSR count). The lowest BCUT2D eigenvalue weighted by Crippen LogP contribution is -2.51. The second-order valence-corrected chi connectivity index (χ2v) is 5.21. The Labute approximate surface area is 121 Å². The Morgan fingerprint density at radius 3 is 2.40 bits per heavy atom. The molecule has 8 nitrogen and oxygen atoms in total. The lowest BCUT2D eigenvalue weighted by atomic mass is 10.2. The minimum atomic E-state index is -1.13. The van der Waals surface area contributed by atoms with Crippen molar-refractivity contribution in [3.63, 3.8) is 0 Å². The van der Waals surface area contributed by atoms with Crippen molar-refractivity contribution in [3.05, 3.63) is 0 Å². The third-order valence-electron chi connectivity index (χ3n) is 2.49. The molecule has 0 bridgehead atoms. The zero-order chi connectivity index (χ0) is 15.7. The van der Waals surface area contributed by atoms with Crippen molar-refractivity contribution in [1.82, 2.24) is 10.6 Å². The van der Waals surface area contributed by atoms with Crippen molar-refractivity contribution in [2.45, 2.75) is 31.5 Å². The van der Waals surface area contributed by atoms with Gasteiger partial charge in [-0.05, 0) is 25.4 Å². The first-order chi connectivity index (χ1) is 9.29. The van der Waals surface area contributed by atoms with Crippen LogP contribution in [0.5, 0.6) is 0 Å². The fraction of sp³-hybridized carbons (Fsp3) is 0.727. The molecule has 20 heavy (non-hydrogen) atoms. The molecule has 6 N–H and O–H groups in total. The molecule has 116 valence electrons. The van der Waals surface area contributed by atoms with Gasteiger partial charge in [0.05, 0.1) is 12.6 Å². The average Bonchev–Trinajstić information content (AvgIpc) is 2.39. The van der Waals surface area contributed by atoms with Crippen LogP contribution >= 0.6 is 11.8 Å². The van der Waals surface area contributed by atoms with E-state index in [0.29, 0.717) is 12.2 Å². The molecule has 0 unspecified atom stereocenters. The Hall–Kier alpha value is -1.32. The molecule has 0 radical (unpaired) electrons. The SMILES string of the molecule is CSCC[C@H](NC(=O)CNC(=O)[C@@H](N)[C@@H](C)O)C(=O)O. The van der Waals surface area contributed by atoms with E-state index < -0.39 is 36.0 Å². The van der Waals surface area contributed by atoms with Crippen LogP contribution in [0.4, 0.5) is 0 Å². The third-order valence-corrected chi connectivity index (χ3v) is 3.13. The van der Waals surface area contributed by atoms with Gasteiger partial charge in [0.15, 0.2) is 0 Å². The zero-order valence-corrected chi connectivity index (χ0v) is 12.3. The summed E-state index contributed by atoms with van der Waals surface area (Å²) in [6.07, 6.45) is 1.09. The van der Waals surface area contributed by atoms with Gasteiger partial charge >= 0.3 is 5.97 Å². The Balaban J connectivity index is 4.20. The number of nitrogens with one attached hydrogen (secondary N) is 2. The molecular formula is C11H21N3O5S. The normalized spacial score (nSPS) is 15.0. The molecule has 9 heteroatoms. The Bertz CT molecular complexity index is 351. The minimum absolute atomic E-state index is 0.295. The summed E-state index contributed by atoms with van der Waals surface area (Å²) in [5.41, 5.74) is 5.37. The molecule has 0 saturated carbocycles. The van der Waals surface area contributed by atoms with Gasteiger partial charge in [0.2, 0.25) is 11.8 Å². The van der Waals surface area contributed by atoms with Crippen molar-refractivity contribution in [3.8, 4) is 0 Å². The number of carbonyl (C=O) groups excluding carboxylic acids is 2. The maximum Gasteiger partial charge on any atom is 0.326 e. The number of thioether (sulfide) groups is 1. The number of nitrogens with two attached hydrogens (primary N) is 1. The molecule has 0 spiro atoms. The Morgan fingerprint density at radius 1 is 1.35 bits per heavy atom. The van der Waals surface area contributed by atoms with Crippen molar-refractivity contribution >= 4 is 29.5 Å². The van der Waals surface area contributed by atoms with Crippen molar-refractivity contribution in [1.29, 1.82) is 0 Å². The molecule has 0 aliphatic rings. The van der Waals surface area contributed by atoms with E-state index in [2.05, 4.69) is 10.6 Å². The number of aliphatic carboxylic acids is 1. The largest absolute Gasteiger partial charge is 0.480 e. The molecule has 0 aromatic carbocycles. The predicted octanol–water partition coefficient (Wildman–Crippen LogP) is -1.87.